The zero-order chi connectivity index (χ0) is 25.4. The molecule has 2 heterocycles. The van der Waals surface area contributed by atoms with E-state index in [0.29, 0.717) is 18.7 Å². The maximum atomic E-state index is 12.9. The predicted octanol–water partition coefficient (Wildman–Crippen LogP) is 1.72. The largest absolute Gasteiger partial charge is 0.480 e. The summed E-state index contributed by atoms with van der Waals surface area (Å²) in [6.45, 7) is 3.83. The number of rotatable bonds is 10. The van der Waals surface area contributed by atoms with Gasteiger partial charge in [0.15, 0.2) is 0 Å². The molecule has 0 spiro atoms. The minimum absolute atomic E-state index is 0.106. The highest BCUT2D eigenvalue weighted by atomic mass is 35.5. The van der Waals surface area contributed by atoms with Gasteiger partial charge in [0.25, 0.3) is 5.91 Å². The second kappa shape index (κ2) is 12.7. The quantitative estimate of drug-likeness (QED) is 0.326. The van der Waals surface area contributed by atoms with Crippen molar-refractivity contribution in [2.45, 2.75) is 25.1 Å². The number of methoxy groups -OCH3 is 3. The Morgan fingerprint density at radius 2 is 1.97 bits per heavy atom. The Labute approximate surface area is 210 Å². The monoisotopic (exact) mass is 505 g/mol. The number of amides is 1. The second-order valence-electron chi connectivity index (χ2n) is 8.22. The number of likely N-dealkylation sites (tertiary alicyclic amines) is 1. The van der Waals surface area contributed by atoms with Gasteiger partial charge in [0.2, 0.25) is 5.88 Å². The van der Waals surface area contributed by atoms with Gasteiger partial charge in [0.1, 0.15) is 11.4 Å². The molecule has 1 amide bonds. The predicted molar refractivity (Wildman–Crippen MR) is 133 cm³/mol. The van der Waals surface area contributed by atoms with Crippen molar-refractivity contribution < 1.29 is 23.8 Å². The van der Waals surface area contributed by atoms with Gasteiger partial charge in [-0.2, -0.15) is 4.98 Å². The van der Waals surface area contributed by atoms with Crippen LogP contribution in [-0.2, 0) is 16.0 Å². The summed E-state index contributed by atoms with van der Waals surface area (Å²) in [5.41, 5.74) is 7.56. The molecule has 0 radical (unpaired) electrons. The third-order valence-electron chi connectivity index (χ3n) is 5.98. The first-order valence-corrected chi connectivity index (χ1v) is 11.7. The number of piperidine rings is 1. The highest BCUT2D eigenvalue weighted by molar-refractivity contribution is 6.33. The highest BCUT2D eigenvalue weighted by Gasteiger charge is 2.31. The molecule has 1 fully saturated rings. The smallest absolute Gasteiger partial charge is 0.337 e. The number of nitrogen functional groups attached to an aromatic ring is 1. The third kappa shape index (κ3) is 7.04. The van der Waals surface area contributed by atoms with Crippen molar-refractivity contribution in [2.24, 2.45) is 0 Å². The lowest BCUT2D eigenvalue weighted by Gasteiger charge is -2.38. The van der Waals surface area contributed by atoms with Crippen LogP contribution in [0.1, 0.15) is 32.7 Å². The van der Waals surface area contributed by atoms with E-state index in [4.69, 9.17) is 31.5 Å². The van der Waals surface area contributed by atoms with Crippen LogP contribution < -0.4 is 21.1 Å². The molecule has 3 rings (SSSR count). The van der Waals surface area contributed by atoms with Gasteiger partial charge in [-0.1, -0.05) is 23.7 Å². The summed E-state index contributed by atoms with van der Waals surface area (Å²) in [4.78, 5) is 30.7. The number of halogens is 1. The van der Waals surface area contributed by atoms with Crippen LogP contribution in [0.5, 0.6) is 5.88 Å². The molecule has 4 N–H and O–H groups in total. The molecule has 2 atom stereocenters. The van der Waals surface area contributed by atoms with Crippen molar-refractivity contribution in [3.05, 3.63) is 52.0 Å². The van der Waals surface area contributed by atoms with Crippen LogP contribution in [0.2, 0.25) is 5.02 Å². The highest BCUT2D eigenvalue weighted by Crippen LogP contribution is 2.25. The van der Waals surface area contributed by atoms with E-state index in [1.165, 1.54) is 20.3 Å². The topological polar surface area (TPSA) is 128 Å². The molecular weight excluding hydrogens is 474 g/mol. The lowest BCUT2D eigenvalue weighted by Crippen LogP contribution is -2.55. The van der Waals surface area contributed by atoms with E-state index in [-0.39, 0.29) is 46.3 Å². The molecule has 11 heteroatoms. The molecule has 1 saturated heterocycles. The molecule has 35 heavy (non-hydrogen) atoms. The SMILES string of the molecule is COC(=O)c1ccc(CNCCN2CC[C@H](NC(=O)c3cc(Cl)c(N)nc3OC)[C@H](OC)C2)cc1. The molecule has 0 aliphatic carbocycles. The van der Waals surface area contributed by atoms with Crippen LogP contribution in [0, 0.1) is 0 Å². The van der Waals surface area contributed by atoms with Gasteiger partial charge in [-0.15, -0.1) is 0 Å². The molecule has 1 aliphatic heterocycles. The van der Waals surface area contributed by atoms with Crippen LogP contribution in [0.15, 0.2) is 30.3 Å². The van der Waals surface area contributed by atoms with E-state index in [1.54, 1.807) is 19.2 Å². The maximum Gasteiger partial charge on any atom is 0.337 e. The van der Waals surface area contributed by atoms with E-state index in [9.17, 15) is 9.59 Å². The summed E-state index contributed by atoms with van der Waals surface area (Å²) in [6.07, 6.45) is 0.569. The number of hydrogen-bond donors (Lipinski definition) is 3. The third-order valence-corrected chi connectivity index (χ3v) is 6.28. The number of hydrogen-bond acceptors (Lipinski definition) is 9. The Morgan fingerprint density at radius 1 is 1.23 bits per heavy atom. The fourth-order valence-corrected chi connectivity index (χ4v) is 4.14. The minimum Gasteiger partial charge on any atom is -0.480 e. The van der Waals surface area contributed by atoms with Gasteiger partial charge in [0.05, 0.1) is 37.0 Å². The zero-order valence-corrected chi connectivity index (χ0v) is 20.9. The number of esters is 1. The van der Waals surface area contributed by atoms with Gasteiger partial charge >= 0.3 is 5.97 Å². The molecule has 10 nitrogen and oxygen atoms in total. The van der Waals surface area contributed by atoms with Crippen molar-refractivity contribution in [1.82, 2.24) is 20.5 Å². The molecule has 2 aromatic rings. The molecule has 0 saturated carbocycles. The Bertz CT molecular complexity index is 1020. The number of carbonyl (C=O) groups is 2. The number of pyridine rings is 1. The molecule has 190 valence electrons. The summed E-state index contributed by atoms with van der Waals surface area (Å²) in [5.74, 6) is -0.446. The Hall–Kier alpha value is -2.92. The number of benzene rings is 1. The molecule has 1 aliphatic rings. The Kier molecular flexibility index (Phi) is 9.67. The first-order valence-electron chi connectivity index (χ1n) is 11.3. The van der Waals surface area contributed by atoms with Crippen LogP contribution in [0.4, 0.5) is 5.82 Å². The molecule has 1 aromatic heterocycles. The van der Waals surface area contributed by atoms with Gasteiger partial charge in [0, 0.05) is 39.8 Å². The maximum absolute atomic E-state index is 12.9. The Morgan fingerprint density at radius 3 is 2.63 bits per heavy atom. The lowest BCUT2D eigenvalue weighted by molar-refractivity contribution is 0.00676. The summed E-state index contributed by atoms with van der Waals surface area (Å²) in [6, 6.07) is 8.64. The van der Waals surface area contributed by atoms with E-state index in [2.05, 4.69) is 20.5 Å². The summed E-state index contributed by atoms with van der Waals surface area (Å²) in [7, 11) is 4.44. The number of carbonyl (C=O) groups excluding carboxylic acids is 2. The minimum atomic E-state index is -0.343. The summed E-state index contributed by atoms with van der Waals surface area (Å²) < 4.78 is 15.6. The molecule has 0 unspecified atom stereocenters. The average Bonchev–Trinajstić information content (AvgIpc) is 2.88. The van der Waals surface area contributed by atoms with Crippen molar-refractivity contribution in [3.8, 4) is 5.88 Å². The fraction of sp³-hybridized carbons (Fsp3) is 0.458. The van der Waals surface area contributed by atoms with Gasteiger partial charge in [-0.05, 0) is 30.2 Å². The summed E-state index contributed by atoms with van der Waals surface area (Å²) >= 11 is 6.05. The molecule has 0 bridgehead atoms. The van der Waals surface area contributed by atoms with Crippen LogP contribution in [0.3, 0.4) is 0 Å². The Balaban J connectivity index is 1.46. The molecule has 1 aromatic carbocycles. The number of nitrogens with one attached hydrogen (secondary N) is 2. The number of aromatic nitrogens is 1. The molecular formula is C24H32ClN5O5. The van der Waals surface area contributed by atoms with Crippen LogP contribution in [0.25, 0.3) is 0 Å². The summed E-state index contributed by atoms with van der Waals surface area (Å²) in [5, 5.41) is 6.64. The van der Waals surface area contributed by atoms with E-state index >= 15 is 0 Å². The number of nitrogens with two attached hydrogens (primary N) is 1. The van der Waals surface area contributed by atoms with Crippen molar-refractivity contribution in [3.63, 3.8) is 0 Å². The first kappa shape index (κ1) is 26.7. The standard InChI is InChI=1S/C24H32ClN5O5/c1-33-20-14-30(11-9-27-13-15-4-6-16(7-5-15)24(32)35-3)10-8-19(20)28-22(31)17-12-18(25)21(26)29-23(17)34-2/h4-7,12,19-20,27H,8-11,13-14H2,1-3H3,(H2,26,29)(H,28,31)/t19-,20+/m0/s1. The fourth-order valence-electron chi connectivity index (χ4n) is 3.98. The number of ether oxygens (including phenoxy) is 3. The first-order chi connectivity index (χ1) is 16.9. The normalized spacial score (nSPS) is 18.2. The zero-order valence-electron chi connectivity index (χ0n) is 20.2. The van der Waals surface area contributed by atoms with Crippen LogP contribution >= 0.6 is 11.6 Å². The van der Waals surface area contributed by atoms with E-state index < -0.39 is 0 Å². The lowest BCUT2D eigenvalue weighted by atomic mass is 10.0. The van der Waals surface area contributed by atoms with Crippen molar-refractivity contribution >= 4 is 29.3 Å². The average molecular weight is 506 g/mol. The second-order valence-corrected chi connectivity index (χ2v) is 8.63. The van der Waals surface area contributed by atoms with E-state index in [1.807, 2.05) is 12.1 Å². The van der Waals surface area contributed by atoms with Gasteiger partial charge < -0.3 is 30.6 Å². The van der Waals surface area contributed by atoms with E-state index in [0.717, 1.165) is 31.6 Å². The van der Waals surface area contributed by atoms with Crippen molar-refractivity contribution in [2.75, 3.05) is 53.2 Å². The van der Waals surface area contributed by atoms with Crippen molar-refractivity contribution in [1.29, 1.82) is 0 Å². The van der Waals surface area contributed by atoms with Crippen LogP contribution in [-0.4, -0.2) is 81.4 Å². The number of nitrogens with zero attached hydrogens (tertiary/aromatic N) is 2. The number of anilines is 1. The van der Waals surface area contributed by atoms with Gasteiger partial charge in [-0.25, -0.2) is 4.79 Å². The van der Waals surface area contributed by atoms with Gasteiger partial charge in [-0.3, -0.25) is 9.69 Å².